The molecule has 0 fully saturated rings. The molecule has 21 heavy (non-hydrogen) atoms. The van der Waals surface area contributed by atoms with Gasteiger partial charge in [-0.05, 0) is 31.5 Å². The minimum Gasteiger partial charge on any atom is -0.399 e. The number of amides is 2. The second-order valence-corrected chi connectivity index (χ2v) is 4.99. The molecule has 0 bridgehead atoms. The van der Waals surface area contributed by atoms with Crippen molar-refractivity contribution >= 4 is 28.4 Å². The van der Waals surface area contributed by atoms with Crippen molar-refractivity contribution < 1.29 is 9.59 Å². The molecule has 0 saturated carbocycles. The maximum Gasteiger partial charge on any atom is 0.254 e. The van der Waals surface area contributed by atoms with E-state index in [0.29, 0.717) is 17.8 Å². The highest BCUT2D eigenvalue weighted by atomic mass is 16.2. The topological polar surface area (TPSA) is 100 Å². The molecule has 5 N–H and O–H groups in total. The zero-order chi connectivity index (χ0) is 15.4. The van der Waals surface area contributed by atoms with Crippen molar-refractivity contribution in [2.75, 3.05) is 12.3 Å². The molecule has 0 radical (unpaired) electrons. The Bertz CT molecular complexity index is 663. The van der Waals surface area contributed by atoms with E-state index in [-0.39, 0.29) is 11.8 Å². The lowest BCUT2D eigenvalue weighted by Gasteiger charge is -2.13. The lowest BCUT2D eigenvalue weighted by molar-refractivity contribution is -0.122. The van der Waals surface area contributed by atoms with E-state index >= 15 is 0 Å². The Labute approximate surface area is 123 Å². The lowest BCUT2D eigenvalue weighted by atomic mass is 10.1. The van der Waals surface area contributed by atoms with Gasteiger partial charge >= 0.3 is 0 Å². The van der Waals surface area contributed by atoms with E-state index in [9.17, 15) is 9.59 Å². The highest BCUT2D eigenvalue weighted by Crippen LogP contribution is 2.20. The first kappa shape index (κ1) is 14.9. The summed E-state index contributed by atoms with van der Waals surface area (Å²) in [6.45, 7) is 4.23. The van der Waals surface area contributed by atoms with Crippen molar-refractivity contribution in [2.45, 2.75) is 26.3 Å². The van der Waals surface area contributed by atoms with Crippen molar-refractivity contribution in [3.63, 3.8) is 0 Å². The van der Waals surface area contributed by atoms with Gasteiger partial charge in [0, 0.05) is 29.3 Å². The number of H-pyrrole nitrogens is 1. The first-order valence-electron chi connectivity index (χ1n) is 6.98. The number of anilines is 1. The maximum absolute atomic E-state index is 12.3. The molecule has 1 unspecified atom stereocenters. The van der Waals surface area contributed by atoms with Crippen LogP contribution in [0.15, 0.2) is 24.4 Å². The quantitative estimate of drug-likeness (QED) is 0.626. The number of nitrogens with one attached hydrogen (secondary N) is 3. The fourth-order valence-corrected chi connectivity index (χ4v) is 2.07. The second kappa shape index (κ2) is 6.30. The van der Waals surface area contributed by atoms with Gasteiger partial charge in [0.2, 0.25) is 5.91 Å². The number of aromatic nitrogens is 1. The Morgan fingerprint density at radius 3 is 2.86 bits per heavy atom. The lowest BCUT2D eigenvalue weighted by Crippen LogP contribution is -2.44. The van der Waals surface area contributed by atoms with E-state index in [2.05, 4.69) is 15.6 Å². The number of rotatable bonds is 5. The van der Waals surface area contributed by atoms with Gasteiger partial charge in [-0.15, -0.1) is 0 Å². The predicted octanol–water partition coefficient (Wildman–Crippen LogP) is 1.39. The summed E-state index contributed by atoms with van der Waals surface area (Å²) < 4.78 is 0. The smallest absolute Gasteiger partial charge is 0.254 e. The van der Waals surface area contributed by atoms with Crippen LogP contribution in [0.25, 0.3) is 10.9 Å². The fourth-order valence-electron chi connectivity index (χ4n) is 2.07. The molecule has 2 aromatic rings. The van der Waals surface area contributed by atoms with Crippen LogP contribution in [0, 0.1) is 0 Å². The van der Waals surface area contributed by atoms with Crippen LogP contribution in [0.5, 0.6) is 0 Å². The van der Waals surface area contributed by atoms with Crippen molar-refractivity contribution in [3.05, 3.63) is 30.0 Å². The summed E-state index contributed by atoms with van der Waals surface area (Å²) in [7, 11) is 0. The summed E-state index contributed by atoms with van der Waals surface area (Å²) in [5, 5.41) is 6.18. The maximum atomic E-state index is 12.3. The summed E-state index contributed by atoms with van der Waals surface area (Å²) in [6, 6.07) is 4.73. The first-order valence-corrected chi connectivity index (χ1v) is 6.98. The van der Waals surface area contributed by atoms with Crippen molar-refractivity contribution in [1.29, 1.82) is 0 Å². The minimum absolute atomic E-state index is 0.190. The van der Waals surface area contributed by atoms with E-state index in [1.807, 2.05) is 13.0 Å². The summed E-state index contributed by atoms with van der Waals surface area (Å²) in [5.41, 5.74) is 7.64. The zero-order valence-corrected chi connectivity index (χ0v) is 12.2. The summed E-state index contributed by atoms with van der Waals surface area (Å²) in [5.74, 6) is -0.490. The van der Waals surface area contributed by atoms with Crippen LogP contribution in [-0.2, 0) is 4.79 Å². The predicted molar refractivity (Wildman–Crippen MR) is 82.9 cm³/mol. The van der Waals surface area contributed by atoms with Crippen LogP contribution in [0.3, 0.4) is 0 Å². The highest BCUT2D eigenvalue weighted by molar-refractivity contribution is 6.08. The SMILES string of the molecule is CCCNC(=O)C(C)NC(=O)c1c[nH]c2ccc(N)cc12. The fraction of sp³-hybridized carbons (Fsp3) is 0.333. The number of nitrogen functional groups attached to an aromatic ring is 1. The van der Waals surface area contributed by atoms with Gasteiger partial charge in [-0.1, -0.05) is 6.92 Å². The summed E-state index contributed by atoms with van der Waals surface area (Å²) >= 11 is 0. The van der Waals surface area contributed by atoms with Crippen molar-refractivity contribution in [2.24, 2.45) is 0 Å². The molecule has 1 atom stereocenters. The molecule has 112 valence electrons. The van der Waals surface area contributed by atoms with Gasteiger partial charge in [0.25, 0.3) is 5.91 Å². The number of nitrogens with two attached hydrogens (primary N) is 1. The third-order valence-electron chi connectivity index (χ3n) is 3.24. The van der Waals surface area contributed by atoms with Gasteiger partial charge in [0.05, 0.1) is 5.56 Å². The van der Waals surface area contributed by atoms with Crippen LogP contribution in [0.1, 0.15) is 30.6 Å². The van der Waals surface area contributed by atoms with Gasteiger partial charge in [0.15, 0.2) is 0 Å². The Balaban J connectivity index is 2.12. The molecule has 1 aromatic carbocycles. The number of hydrogen-bond donors (Lipinski definition) is 4. The molecule has 2 amide bonds. The van der Waals surface area contributed by atoms with Crippen molar-refractivity contribution in [3.8, 4) is 0 Å². The van der Waals surface area contributed by atoms with Crippen LogP contribution in [0.2, 0.25) is 0 Å². The molecule has 2 rings (SSSR count). The number of fused-ring (bicyclic) bond motifs is 1. The normalized spacial score (nSPS) is 12.1. The van der Waals surface area contributed by atoms with Crippen LogP contribution < -0.4 is 16.4 Å². The van der Waals surface area contributed by atoms with E-state index in [1.54, 1.807) is 25.3 Å². The Morgan fingerprint density at radius 1 is 1.38 bits per heavy atom. The number of carbonyl (C=O) groups excluding carboxylic acids is 2. The Kier molecular flexibility index (Phi) is 4.47. The zero-order valence-electron chi connectivity index (χ0n) is 12.2. The van der Waals surface area contributed by atoms with Crippen LogP contribution >= 0.6 is 0 Å². The van der Waals surface area contributed by atoms with Gasteiger partial charge in [-0.2, -0.15) is 0 Å². The number of benzene rings is 1. The van der Waals surface area contributed by atoms with Gasteiger partial charge in [-0.25, -0.2) is 0 Å². The molecular weight excluding hydrogens is 268 g/mol. The third-order valence-corrected chi connectivity index (χ3v) is 3.24. The number of carbonyl (C=O) groups is 2. The molecular formula is C15H20N4O2. The van der Waals surface area contributed by atoms with Gasteiger partial charge in [0.1, 0.15) is 6.04 Å². The van der Waals surface area contributed by atoms with E-state index in [1.165, 1.54) is 0 Å². The Hall–Kier alpha value is -2.50. The highest BCUT2D eigenvalue weighted by Gasteiger charge is 2.18. The standard InChI is InChI=1S/C15H20N4O2/c1-3-6-17-14(20)9(2)19-15(21)12-8-18-13-5-4-10(16)7-11(12)13/h4-5,7-9,18H,3,6,16H2,1-2H3,(H,17,20)(H,19,21). The molecule has 0 aliphatic heterocycles. The second-order valence-electron chi connectivity index (χ2n) is 4.99. The van der Waals surface area contributed by atoms with E-state index in [0.717, 1.165) is 17.3 Å². The molecule has 1 aromatic heterocycles. The molecule has 1 heterocycles. The third kappa shape index (κ3) is 3.34. The molecule has 0 spiro atoms. The number of hydrogen-bond acceptors (Lipinski definition) is 3. The van der Waals surface area contributed by atoms with E-state index in [4.69, 9.17) is 5.73 Å². The van der Waals surface area contributed by atoms with Gasteiger partial charge < -0.3 is 21.4 Å². The van der Waals surface area contributed by atoms with Crippen molar-refractivity contribution in [1.82, 2.24) is 15.6 Å². The largest absolute Gasteiger partial charge is 0.399 e. The molecule has 6 heteroatoms. The summed E-state index contributed by atoms with van der Waals surface area (Å²) in [6.07, 6.45) is 2.48. The molecule has 6 nitrogen and oxygen atoms in total. The molecule has 0 aliphatic rings. The average molecular weight is 288 g/mol. The van der Waals surface area contributed by atoms with E-state index < -0.39 is 6.04 Å². The molecule has 0 aliphatic carbocycles. The summed E-state index contributed by atoms with van der Waals surface area (Å²) in [4.78, 5) is 27.1. The van der Waals surface area contributed by atoms with Crippen LogP contribution in [0.4, 0.5) is 5.69 Å². The first-order chi connectivity index (χ1) is 10.0. The number of aromatic amines is 1. The minimum atomic E-state index is -0.588. The van der Waals surface area contributed by atoms with Gasteiger partial charge in [-0.3, -0.25) is 9.59 Å². The molecule has 0 saturated heterocycles. The average Bonchev–Trinajstić information content (AvgIpc) is 2.87. The Morgan fingerprint density at radius 2 is 2.14 bits per heavy atom. The van der Waals surface area contributed by atoms with Crippen LogP contribution in [-0.4, -0.2) is 29.4 Å². The monoisotopic (exact) mass is 288 g/mol.